The van der Waals surface area contributed by atoms with E-state index in [1.165, 1.54) is 0 Å². The van der Waals surface area contributed by atoms with Crippen molar-refractivity contribution in [2.75, 3.05) is 40.5 Å². The molecule has 2 fully saturated rings. The Kier molecular flexibility index (Phi) is 12.0. The highest BCUT2D eigenvalue weighted by molar-refractivity contribution is 5.95. The normalized spacial score (nSPS) is 18.1. The van der Waals surface area contributed by atoms with E-state index in [0.29, 0.717) is 55.0 Å². The van der Waals surface area contributed by atoms with Gasteiger partial charge in [-0.15, -0.1) is 0 Å². The summed E-state index contributed by atoms with van der Waals surface area (Å²) in [5.41, 5.74) is 7.21. The fraction of sp³-hybridized carbons (Fsp3) is 0.559. The molecule has 2 aliphatic rings. The molecule has 2 unspecified atom stereocenters. The van der Waals surface area contributed by atoms with Crippen LogP contribution in [0.5, 0.6) is 11.5 Å². The van der Waals surface area contributed by atoms with Crippen molar-refractivity contribution in [3.63, 3.8) is 0 Å². The van der Waals surface area contributed by atoms with Gasteiger partial charge in [0.1, 0.15) is 0 Å². The average Bonchev–Trinajstić information content (AvgIpc) is 3.85. The first-order valence-electron chi connectivity index (χ1n) is 15.8. The number of carbonyl (C=O) groups excluding carboxylic acids is 3. The van der Waals surface area contributed by atoms with E-state index in [2.05, 4.69) is 5.32 Å². The van der Waals surface area contributed by atoms with Crippen LogP contribution in [0.15, 0.2) is 42.5 Å². The first-order chi connectivity index (χ1) is 21.2. The Balaban J connectivity index is 1.32. The van der Waals surface area contributed by atoms with Crippen LogP contribution in [0.2, 0.25) is 0 Å². The third kappa shape index (κ3) is 8.95. The molecule has 1 heterocycles. The Morgan fingerprint density at radius 1 is 0.955 bits per heavy atom. The van der Waals surface area contributed by atoms with Gasteiger partial charge in [0.15, 0.2) is 11.5 Å². The minimum absolute atomic E-state index is 0.0232. The molecular weight excluding hydrogens is 560 g/mol. The van der Waals surface area contributed by atoms with Crippen molar-refractivity contribution >= 4 is 17.7 Å². The third-order valence-corrected chi connectivity index (χ3v) is 8.43. The number of hydrogen-bond donors (Lipinski definition) is 2. The summed E-state index contributed by atoms with van der Waals surface area (Å²) in [6.45, 7) is 6.55. The van der Waals surface area contributed by atoms with Gasteiger partial charge in [0.25, 0.3) is 5.91 Å². The zero-order chi connectivity index (χ0) is 31.6. The number of nitrogens with zero attached hydrogens (tertiary/aromatic N) is 2. The predicted molar refractivity (Wildman–Crippen MR) is 169 cm³/mol. The number of rotatable bonds is 16. The first-order valence-corrected chi connectivity index (χ1v) is 15.8. The number of ether oxygens (including phenoxy) is 3. The zero-order valence-corrected chi connectivity index (χ0v) is 26.6. The standard InChI is InChI=1S/C34H48N4O6/c1-23(2)38(34(41)26-9-14-30(43-4)31(21-26)44-18-6-17-42-3)29-11-10-27(36-22-29)15-16-37(28-12-13-28)32(39)20-24-7-5-8-25(19-24)33(35)40/h5,7-9,14,19,21,23,27-29,36H,6,10-13,15-18,20,22H2,1-4H3,(H2,35,40). The van der Waals surface area contributed by atoms with Gasteiger partial charge < -0.3 is 35.1 Å². The molecule has 2 aromatic carbocycles. The number of benzene rings is 2. The average molecular weight is 609 g/mol. The molecule has 0 radical (unpaired) electrons. The number of primary amides is 1. The van der Waals surface area contributed by atoms with Crippen molar-refractivity contribution in [1.82, 2.24) is 15.1 Å². The van der Waals surface area contributed by atoms with Crippen LogP contribution in [-0.2, 0) is 16.0 Å². The number of hydrogen-bond acceptors (Lipinski definition) is 7. The van der Waals surface area contributed by atoms with Crippen LogP contribution in [0.4, 0.5) is 0 Å². The topological polar surface area (TPSA) is 123 Å². The summed E-state index contributed by atoms with van der Waals surface area (Å²) in [4.78, 5) is 42.6. The molecule has 3 N–H and O–H groups in total. The van der Waals surface area contributed by atoms with Crippen LogP contribution in [0, 0.1) is 0 Å². The number of methoxy groups -OCH3 is 2. The summed E-state index contributed by atoms with van der Waals surface area (Å²) in [6, 6.07) is 13.0. The Hall–Kier alpha value is -3.63. The van der Waals surface area contributed by atoms with Crippen LogP contribution < -0.4 is 20.5 Å². The number of piperidine rings is 1. The van der Waals surface area contributed by atoms with Gasteiger partial charge in [-0.3, -0.25) is 14.4 Å². The fourth-order valence-corrected chi connectivity index (χ4v) is 5.97. The van der Waals surface area contributed by atoms with Crippen molar-refractivity contribution in [2.24, 2.45) is 5.73 Å². The summed E-state index contributed by atoms with van der Waals surface area (Å²) in [5.74, 6) is 0.709. The van der Waals surface area contributed by atoms with Gasteiger partial charge in [0, 0.05) is 68.5 Å². The molecule has 0 aromatic heterocycles. The van der Waals surface area contributed by atoms with E-state index in [0.717, 1.165) is 44.1 Å². The molecule has 0 bridgehead atoms. The molecule has 1 saturated heterocycles. The van der Waals surface area contributed by atoms with E-state index in [1.807, 2.05) is 29.7 Å². The van der Waals surface area contributed by atoms with Crippen LogP contribution in [0.1, 0.15) is 78.7 Å². The number of amides is 3. The fourth-order valence-electron chi connectivity index (χ4n) is 5.97. The third-order valence-electron chi connectivity index (χ3n) is 8.43. The highest BCUT2D eigenvalue weighted by atomic mass is 16.5. The van der Waals surface area contributed by atoms with Gasteiger partial charge in [-0.25, -0.2) is 0 Å². The molecule has 44 heavy (non-hydrogen) atoms. The molecular formula is C34H48N4O6. The summed E-state index contributed by atoms with van der Waals surface area (Å²) >= 11 is 0. The number of nitrogens with two attached hydrogens (primary N) is 1. The highest BCUT2D eigenvalue weighted by Crippen LogP contribution is 2.31. The van der Waals surface area contributed by atoms with E-state index in [1.54, 1.807) is 50.6 Å². The van der Waals surface area contributed by atoms with Gasteiger partial charge in [-0.2, -0.15) is 0 Å². The molecule has 2 aromatic rings. The molecule has 3 amide bonds. The van der Waals surface area contributed by atoms with Crippen molar-refractivity contribution < 1.29 is 28.6 Å². The predicted octanol–water partition coefficient (Wildman–Crippen LogP) is 3.80. The van der Waals surface area contributed by atoms with Crippen LogP contribution in [0.25, 0.3) is 0 Å². The van der Waals surface area contributed by atoms with Crippen molar-refractivity contribution in [1.29, 1.82) is 0 Å². The quantitative estimate of drug-likeness (QED) is 0.278. The van der Waals surface area contributed by atoms with Gasteiger partial charge in [0.2, 0.25) is 11.8 Å². The monoisotopic (exact) mass is 608 g/mol. The van der Waals surface area contributed by atoms with Crippen molar-refractivity contribution in [2.45, 2.75) is 83.0 Å². The second kappa shape index (κ2) is 15.9. The van der Waals surface area contributed by atoms with E-state index in [4.69, 9.17) is 19.9 Å². The molecule has 1 saturated carbocycles. The Labute approximate surface area is 261 Å². The smallest absolute Gasteiger partial charge is 0.254 e. The lowest BCUT2D eigenvalue weighted by Crippen LogP contribution is -2.54. The zero-order valence-electron chi connectivity index (χ0n) is 26.6. The molecule has 1 aliphatic heterocycles. The molecule has 0 spiro atoms. The van der Waals surface area contributed by atoms with Gasteiger partial charge in [-0.1, -0.05) is 12.1 Å². The number of nitrogens with one attached hydrogen (secondary N) is 1. The van der Waals surface area contributed by atoms with Crippen molar-refractivity contribution in [3.05, 3.63) is 59.2 Å². The van der Waals surface area contributed by atoms with Gasteiger partial charge >= 0.3 is 0 Å². The molecule has 10 heteroatoms. The summed E-state index contributed by atoms with van der Waals surface area (Å²) in [5, 5.41) is 3.66. The summed E-state index contributed by atoms with van der Waals surface area (Å²) < 4.78 is 16.5. The maximum Gasteiger partial charge on any atom is 0.254 e. The molecule has 2 atom stereocenters. The summed E-state index contributed by atoms with van der Waals surface area (Å²) in [7, 11) is 3.25. The largest absolute Gasteiger partial charge is 0.493 e. The SMILES string of the molecule is COCCCOc1cc(C(=O)N(C(C)C)C2CCC(CCN(C(=O)Cc3cccc(C(N)=O)c3)C3CC3)NC2)ccc1OC. The second-order valence-corrected chi connectivity index (χ2v) is 12.1. The Bertz CT molecular complexity index is 1270. The lowest BCUT2D eigenvalue weighted by atomic mass is 9.95. The Morgan fingerprint density at radius 2 is 1.73 bits per heavy atom. The van der Waals surface area contributed by atoms with Gasteiger partial charge in [-0.05, 0) is 81.8 Å². The molecule has 1 aliphatic carbocycles. The van der Waals surface area contributed by atoms with E-state index >= 15 is 0 Å². The first kappa shape index (κ1) is 33.3. The summed E-state index contributed by atoms with van der Waals surface area (Å²) in [6.07, 6.45) is 5.72. The van der Waals surface area contributed by atoms with E-state index in [9.17, 15) is 14.4 Å². The Morgan fingerprint density at radius 3 is 2.36 bits per heavy atom. The van der Waals surface area contributed by atoms with E-state index < -0.39 is 5.91 Å². The van der Waals surface area contributed by atoms with Crippen LogP contribution >= 0.6 is 0 Å². The van der Waals surface area contributed by atoms with Crippen LogP contribution in [0.3, 0.4) is 0 Å². The molecule has 4 rings (SSSR count). The second-order valence-electron chi connectivity index (χ2n) is 12.1. The van der Waals surface area contributed by atoms with Crippen LogP contribution in [-0.4, -0.2) is 92.2 Å². The minimum atomic E-state index is -0.491. The lowest BCUT2D eigenvalue weighted by molar-refractivity contribution is -0.131. The molecule has 240 valence electrons. The van der Waals surface area contributed by atoms with Gasteiger partial charge in [0.05, 0.1) is 20.1 Å². The maximum absolute atomic E-state index is 13.8. The van der Waals surface area contributed by atoms with E-state index in [-0.39, 0.29) is 36.4 Å². The maximum atomic E-state index is 13.8. The highest BCUT2D eigenvalue weighted by Gasteiger charge is 2.35. The minimum Gasteiger partial charge on any atom is -0.493 e. The molecule has 10 nitrogen and oxygen atoms in total. The number of carbonyl (C=O) groups is 3. The lowest BCUT2D eigenvalue weighted by Gasteiger charge is -2.40. The van der Waals surface area contributed by atoms with Crippen molar-refractivity contribution in [3.8, 4) is 11.5 Å².